The van der Waals surface area contributed by atoms with Crippen LogP contribution in [0.3, 0.4) is 0 Å². The second-order valence-corrected chi connectivity index (χ2v) is 9.15. The zero-order valence-corrected chi connectivity index (χ0v) is 15.5. The van der Waals surface area contributed by atoms with Crippen LogP contribution in [0.4, 0.5) is 5.69 Å². The standard InChI is InChI=1S/C20H24N2O2S/c1-14-12-20-17(10-11-21-14)18-13-16(8-9-19(18)22(20)2)25(23,24)15-6-4-3-5-7-15/h3-9,13-14,17,20-21H,10-12H2,1-2H3/t14?,17-,20?/m1/s1. The minimum absolute atomic E-state index is 0.356. The maximum Gasteiger partial charge on any atom is 0.206 e. The molecule has 2 aliphatic rings. The fraction of sp³-hybridized carbons (Fsp3) is 0.400. The number of hydrogen-bond donors (Lipinski definition) is 1. The first-order valence-corrected chi connectivity index (χ1v) is 10.4. The SMILES string of the molecule is CC1CC2[C@H](CCN1)c1cc(S(=O)(=O)c3ccccc3)ccc1N2C. The second-order valence-electron chi connectivity index (χ2n) is 7.20. The molecule has 132 valence electrons. The molecule has 4 rings (SSSR count). The summed E-state index contributed by atoms with van der Waals surface area (Å²) < 4.78 is 25.9. The highest BCUT2D eigenvalue weighted by molar-refractivity contribution is 7.91. The molecule has 1 fully saturated rings. The molecule has 0 aromatic heterocycles. The lowest BCUT2D eigenvalue weighted by Gasteiger charge is -2.26. The summed E-state index contributed by atoms with van der Waals surface area (Å²) in [6.07, 6.45) is 2.12. The van der Waals surface area contributed by atoms with Crippen molar-refractivity contribution in [1.82, 2.24) is 5.32 Å². The van der Waals surface area contributed by atoms with Gasteiger partial charge in [-0.3, -0.25) is 0 Å². The first kappa shape index (κ1) is 16.6. The molecule has 5 heteroatoms. The molecule has 1 saturated heterocycles. The van der Waals surface area contributed by atoms with Gasteiger partial charge in [-0.25, -0.2) is 8.42 Å². The molecule has 0 aliphatic carbocycles. The van der Waals surface area contributed by atoms with Crippen LogP contribution in [0.25, 0.3) is 0 Å². The van der Waals surface area contributed by atoms with Gasteiger partial charge >= 0.3 is 0 Å². The normalized spacial score (nSPS) is 26.0. The number of fused-ring (bicyclic) bond motifs is 3. The minimum atomic E-state index is -3.47. The van der Waals surface area contributed by atoms with Crippen molar-refractivity contribution in [3.63, 3.8) is 0 Å². The predicted molar refractivity (Wildman–Crippen MR) is 100.0 cm³/mol. The van der Waals surface area contributed by atoms with Gasteiger partial charge in [0.1, 0.15) is 0 Å². The monoisotopic (exact) mass is 356 g/mol. The maximum atomic E-state index is 13.0. The van der Waals surface area contributed by atoms with Crippen molar-refractivity contribution in [2.75, 3.05) is 18.5 Å². The average molecular weight is 356 g/mol. The molecule has 0 bridgehead atoms. The maximum absolute atomic E-state index is 13.0. The Bertz CT molecular complexity index is 880. The number of hydrogen-bond acceptors (Lipinski definition) is 4. The van der Waals surface area contributed by atoms with Crippen molar-refractivity contribution in [3.8, 4) is 0 Å². The summed E-state index contributed by atoms with van der Waals surface area (Å²) in [4.78, 5) is 3.09. The van der Waals surface area contributed by atoms with Crippen LogP contribution in [0.1, 0.15) is 31.2 Å². The van der Waals surface area contributed by atoms with Crippen LogP contribution in [-0.2, 0) is 9.84 Å². The van der Waals surface area contributed by atoms with Crippen LogP contribution in [0.15, 0.2) is 58.3 Å². The first-order valence-electron chi connectivity index (χ1n) is 8.89. The number of nitrogens with one attached hydrogen (secondary N) is 1. The Kier molecular flexibility index (Phi) is 4.08. The van der Waals surface area contributed by atoms with Crippen LogP contribution < -0.4 is 10.2 Å². The summed E-state index contributed by atoms with van der Waals surface area (Å²) in [5, 5.41) is 3.55. The van der Waals surface area contributed by atoms with Crippen molar-refractivity contribution < 1.29 is 8.42 Å². The third kappa shape index (κ3) is 2.75. The Labute approximate surface area is 149 Å². The van der Waals surface area contributed by atoms with E-state index in [1.54, 1.807) is 30.3 Å². The Morgan fingerprint density at radius 1 is 1.08 bits per heavy atom. The molecule has 25 heavy (non-hydrogen) atoms. The van der Waals surface area contributed by atoms with E-state index in [1.807, 2.05) is 18.2 Å². The quantitative estimate of drug-likeness (QED) is 0.898. The Hall–Kier alpha value is -1.85. The molecular formula is C20H24N2O2S. The molecule has 0 saturated carbocycles. The first-order chi connectivity index (χ1) is 12.0. The van der Waals surface area contributed by atoms with Crippen molar-refractivity contribution >= 4 is 15.5 Å². The van der Waals surface area contributed by atoms with E-state index in [0.29, 0.717) is 27.8 Å². The molecule has 2 aromatic carbocycles. The van der Waals surface area contributed by atoms with Gasteiger partial charge in [-0.15, -0.1) is 0 Å². The zero-order chi connectivity index (χ0) is 17.6. The third-order valence-electron chi connectivity index (χ3n) is 5.65. The zero-order valence-electron chi connectivity index (χ0n) is 14.6. The summed E-state index contributed by atoms with van der Waals surface area (Å²) in [5.41, 5.74) is 2.36. The van der Waals surface area contributed by atoms with Gasteiger partial charge < -0.3 is 10.2 Å². The number of likely N-dealkylation sites (N-methyl/N-ethyl adjacent to an activating group) is 1. The van der Waals surface area contributed by atoms with E-state index in [1.165, 1.54) is 11.3 Å². The number of sulfone groups is 1. The predicted octanol–water partition coefficient (Wildman–Crippen LogP) is 3.19. The van der Waals surface area contributed by atoms with E-state index in [9.17, 15) is 8.42 Å². The van der Waals surface area contributed by atoms with E-state index in [4.69, 9.17) is 0 Å². The van der Waals surface area contributed by atoms with Crippen LogP contribution in [0.2, 0.25) is 0 Å². The summed E-state index contributed by atoms with van der Waals surface area (Å²) in [6, 6.07) is 15.3. The highest BCUT2D eigenvalue weighted by Gasteiger charge is 2.39. The largest absolute Gasteiger partial charge is 0.371 e. The van der Waals surface area contributed by atoms with E-state index in [-0.39, 0.29) is 0 Å². The lowest BCUT2D eigenvalue weighted by atomic mass is 9.90. The van der Waals surface area contributed by atoms with Gasteiger partial charge in [0.05, 0.1) is 9.79 Å². The van der Waals surface area contributed by atoms with Gasteiger partial charge in [-0.1, -0.05) is 18.2 Å². The molecule has 2 aromatic rings. The van der Waals surface area contributed by atoms with Crippen LogP contribution in [-0.4, -0.2) is 34.1 Å². The van der Waals surface area contributed by atoms with Crippen molar-refractivity contribution in [2.24, 2.45) is 0 Å². The van der Waals surface area contributed by atoms with E-state index in [2.05, 4.69) is 24.2 Å². The highest BCUT2D eigenvalue weighted by Crippen LogP contribution is 2.45. The fourth-order valence-corrected chi connectivity index (χ4v) is 5.63. The molecule has 4 nitrogen and oxygen atoms in total. The molecule has 1 N–H and O–H groups in total. The lowest BCUT2D eigenvalue weighted by molar-refractivity contribution is 0.487. The van der Waals surface area contributed by atoms with E-state index < -0.39 is 9.84 Å². The number of anilines is 1. The summed E-state index contributed by atoms with van der Waals surface area (Å²) in [5.74, 6) is 0.392. The van der Waals surface area contributed by atoms with Gasteiger partial charge in [0.25, 0.3) is 0 Å². The molecular weight excluding hydrogens is 332 g/mol. The Morgan fingerprint density at radius 3 is 2.60 bits per heavy atom. The van der Waals surface area contributed by atoms with Crippen molar-refractivity contribution in [1.29, 1.82) is 0 Å². The van der Waals surface area contributed by atoms with E-state index >= 15 is 0 Å². The smallest absolute Gasteiger partial charge is 0.206 e. The van der Waals surface area contributed by atoms with Crippen LogP contribution in [0, 0.1) is 0 Å². The van der Waals surface area contributed by atoms with Gasteiger partial charge in [0.2, 0.25) is 9.84 Å². The van der Waals surface area contributed by atoms with Gasteiger partial charge in [-0.2, -0.15) is 0 Å². The number of nitrogens with zero attached hydrogens (tertiary/aromatic N) is 1. The molecule has 0 amide bonds. The molecule has 2 aliphatic heterocycles. The topological polar surface area (TPSA) is 49.4 Å². The van der Waals surface area contributed by atoms with Gasteiger partial charge in [-0.05, 0) is 62.2 Å². The Balaban J connectivity index is 1.77. The third-order valence-corrected chi connectivity index (χ3v) is 7.41. The van der Waals surface area contributed by atoms with Gasteiger partial charge in [0.15, 0.2) is 0 Å². The van der Waals surface area contributed by atoms with Crippen LogP contribution >= 0.6 is 0 Å². The fourth-order valence-electron chi connectivity index (χ4n) is 4.31. The van der Waals surface area contributed by atoms with Crippen molar-refractivity contribution in [2.45, 2.75) is 47.6 Å². The molecule has 2 heterocycles. The summed E-state index contributed by atoms with van der Waals surface area (Å²) in [7, 11) is -1.34. The molecule has 3 atom stereocenters. The summed E-state index contributed by atoms with van der Waals surface area (Å²) in [6.45, 7) is 3.20. The van der Waals surface area contributed by atoms with Crippen LogP contribution in [0.5, 0.6) is 0 Å². The van der Waals surface area contributed by atoms with Crippen molar-refractivity contribution in [3.05, 3.63) is 54.1 Å². The lowest BCUT2D eigenvalue weighted by Crippen LogP contribution is -2.34. The Morgan fingerprint density at radius 2 is 1.84 bits per heavy atom. The van der Waals surface area contributed by atoms with E-state index in [0.717, 1.165) is 19.4 Å². The summed E-state index contributed by atoms with van der Waals surface area (Å²) >= 11 is 0. The minimum Gasteiger partial charge on any atom is -0.371 e. The molecule has 0 radical (unpaired) electrons. The molecule has 0 spiro atoms. The second kappa shape index (κ2) is 6.15. The average Bonchev–Trinajstić information content (AvgIpc) is 2.76. The highest BCUT2D eigenvalue weighted by atomic mass is 32.2. The molecule has 2 unspecified atom stereocenters. The number of rotatable bonds is 2. The van der Waals surface area contributed by atoms with Gasteiger partial charge in [0, 0.05) is 30.7 Å². The number of benzene rings is 2.